The van der Waals surface area contributed by atoms with Gasteiger partial charge >= 0.3 is 0 Å². The van der Waals surface area contributed by atoms with Gasteiger partial charge in [0.25, 0.3) is 0 Å². The minimum absolute atomic E-state index is 0.0854. The van der Waals surface area contributed by atoms with E-state index in [2.05, 4.69) is 13.8 Å². The molecule has 2 rings (SSSR count). The van der Waals surface area contributed by atoms with Gasteiger partial charge in [-0.15, -0.1) is 0 Å². The molecule has 1 aliphatic carbocycles. The molecule has 1 aromatic carbocycles. The molecule has 0 amide bonds. The molecule has 1 saturated carbocycles. The van der Waals surface area contributed by atoms with E-state index >= 15 is 0 Å². The van der Waals surface area contributed by atoms with Gasteiger partial charge in [0.15, 0.2) is 0 Å². The predicted octanol–water partition coefficient (Wildman–Crippen LogP) is 4.42. The summed E-state index contributed by atoms with van der Waals surface area (Å²) in [6.45, 7) is 4.29. The number of rotatable bonds is 3. The van der Waals surface area contributed by atoms with Gasteiger partial charge < -0.3 is 0 Å². The third-order valence-electron chi connectivity index (χ3n) is 4.01. The number of hydrogen-bond acceptors (Lipinski definition) is 1. The molecular weight excluding hydrogens is 251 g/mol. The van der Waals surface area contributed by atoms with Gasteiger partial charge in [0.2, 0.25) is 0 Å². The van der Waals surface area contributed by atoms with Crippen LogP contribution in [0.3, 0.4) is 0 Å². The molecule has 0 bridgehead atoms. The highest BCUT2D eigenvalue weighted by Gasteiger charge is 2.38. The SMILES string of the molecule is CC1(C)CCCC1C(=O)Cc1ccc(Cl)c(F)c1. The molecule has 0 aliphatic heterocycles. The lowest BCUT2D eigenvalue weighted by molar-refractivity contribution is -0.124. The van der Waals surface area contributed by atoms with E-state index in [4.69, 9.17) is 11.6 Å². The number of carbonyl (C=O) groups excluding carboxylic acids is 1. The van der Waals surface area contributed by atoms with E-state index in [1.807, 2.05) is 0 Å². The topological polar surface area (TPSA) is 17.1 Å². The molecule has 0 radical (unpaired) electrons. The maximum absolute atomic E-state index is 13.3. The lowest BCUT2D eigenvalue weighted by atomic mass is 9.78. The second-order valence-corrected chi connectivity index (χ2v) is 6.23. The van der Waals surface area contributed by atoms with Gasteiger partial charge in [0, 0.05) is 12.3 Å². The Bertz CT molecular complexity index is 468. The molecule has 0 saturated heterocycles. The summed E-state index contributed by atoms with van der Waals surface area (Å²) < 4.78 is 13.3. The second-order valence-electron chi connectivity index (χ2n) is 5.82. The van der Waals surface area contributed by atoms with Crippen LogP contribution in [0.1, 0.15) is 38.7 Å². The van der Waals surface area contributed by atoms with Crippen molar-refractivity contribution in [3.63, 3.8) is 0 Å². The van der Waals surface area contributed by atoms with E-state index in [1.54, 1.807) is 6.07 Å². The summed E-state index contributed by atoms with van der Waals surface area (Å²) in [6.07, 6.45) is 3.47. The average Bonchev–Trinajstić information content (AvgIpc) is 2.63. The molecule has 0 aromatic heterocycles. The quantitative estimate of drug-likeness (QED) is 0.793. The van der Waals surface area contributed by atoms with E-state index in [1.165, 1.54) is 12.1 Å². The van der Waals surface area contributed by atoms with Crippen LogP contribution in [0, 0.1) is 17.2 Å². The van der Waals surface area contributed by atoms with Crippen LogP contribution in [0.25, 0.3) is 0 Å². The minimum Gasteiger partial charge on any atom is -0.299 e. The van der Waals surface area contributed by atoms with Crippen LogP contribution in [0.2, 0.25) is 5.02 Å². The first-order chi connectivity index (χ1) is 8.40. The Balaban J connectivity index is 2.09. The molecule has 1 unspecified atom stereocenters. The van der Waals surface area contributed by atoms with Gasteiger partial charge in [-0.05, 0) is 36.0 Å². The Morgan fingerprint density at radius 3 is 2.78 bits per heavy atom. The summed E-state index contributed by atoms with van der Waals surface area (Å²) in [4.78, 5) is 12.3. The van der Waals surface area contributed by atoms with Gasteiger partial charge in [-0.3, -0.25) is 4.79 Å². The van der Waals surface area contributed by atoms with Crippen molar-refractivity contribution in [2.24, 2.45) is 11.3 Å². The van der Waals surface area contributed by atoms with Crippen molar-refractivity contribution >= 4 is 17.4 Å². The van der Waals surface area contributed by atoms with Crippen molar-refractivity contribution in [3.05, 3.63) is 34.6 Å². The van der Waals surface area contributed by atoms with Crippen LogP contribution in [-0.2, 0) is 11.2 Å². The van der Waals surface area contributed by atoms with Crippen molar-refractivity contribution in [1.82, 2.24) is 0 Å². The Morgan fingerprint density at radius 1 is 1.50 bits per heavy atom. The summed E-state index contributed by atoms with van der Waals surface area (Å²) >= 11 is 5.63. The first kappa shape index (κ1) is 13.5. The van der Waals surface area contributed by atoms with Crippen LogP contribution < -0.4 is 0 Å². The number of halogens is 2. The average molecular weight is 269 g/mol. The monoisotopic (exact) mass is 268 g/mol. The number of Topliss-reactive ketones (excluding diaryl/α,β-unsaturated/α-hetero) is 1. The van der Waals surface area contributed by atoms with Crippen LogP contribution in [-0.4, -0.2) is 5.78 Å². The molecule has 0 N–H and O–H groups in total. The van der Waals surface area contributed by atoms with Gasteiger partial charge in [0.05, 0.1) is 5.02 Å². The highest BCUT2D eigenvalue weighted by Crippen LogP contribution is 2.43. The summed E-state index contributed by atoms with van der Waals surface area (Å²) in [5, 5.41) is 0.104. The van der Waals surface area contributed by atoms with Gasteiger partial charge in [-0.2, -0.15) is 0 Å². The maximum Gasteiger partial charge on any atom is 0.142 e. The van der Waals surface area contributed by atoms with Gasteiger partial charge in [-0.25, -0.2) is 4.39 Å². The van der Waals surface area contributed by atoms with Crippen LogP contribution in [0.4, 0.5) is 4.39 Å². The second kappa shape index (κ2) is 5.00. The van der Waals surface area contributed by atoms with Crippen molar-refractivity contribution in [2.45, 2.75) is 39.5 Å². The first-order valence-corrected chi connectivity index (χ1v) is 6.74. The molecule has 1 aliphatic rings. The van der Waals surface area contributed by atoms with E-state index in [-0.39, 0.29) is 22.1 Å². The molecule has 18 heavy (non-hydrogen) atoms. The van der Waals surface area contributed by atoms with Crippen LogP contribution in [0.5, 0.6) is 0 Å². The fourth-order valence-electron chi connectivity index (χ4n) is 2.90. The van der Waals surface area contributed by atoms with Crippen molar-refractivity contribution in [3.8, 4) is 0 Å². The normalized spacial score (nSPS) is 22.1. The number of hydrogen-bond donors (Lipinski definition) is 0. The van der Waals surface area contributed by atoms with Crippen LogP contribution in [0.15, 0.2) is 18.2 Å². The molecule has 3 heteroatoms. The first-order valence-electron chi connectivity index (χ1n) is 6.37. The standard InChI is InChI=1S/C15H18ClFO/c1-15(2)7-3-4-11(15)14(18)9-10-5-6-12(16)13(17)8-10/h5-6,8,11H,3-4,7,9H2,1-2H3. The highest BCUT2D eigenvalue weighted by molar-refractivity contribution is 6.30. The van der Waals surface area contributed by atoms with Crippen molar-refractivity contribution in [1.29, 1.82) is 0 Å². The minimum atomic E-state index is -0.451. The molecule has 1 nitrogen and oxygen atoms in total. The van der Waals surface area contributed by atoms with Gasteiger partial charge in [0.1, 0.15) is 11.6 Å². The van der Waals surface area contributed by atoms with E-state index < -0.39 is 5.82 Å². The zero-order chi connectivity index (χ0) is 13.3. The summed E-state index contributed by atoms with van der Waals surface area (Å²) in [5.41, 5.74) is 0.798. The summed E-state index contributed by atoms with van der Waals surface area (Å²) in [6, 6.07) is 4.60. The van der Waals surface area contributed by atoms with E-state index in [9.17, 15) is 9.18 Å². The Kier molecular flexibility index (Phi) is 3.76. The zero-order valence-corrected chi connectivity index (χ0v) is 11.6. The largest absolute Gasteiger partial charge is 0.299 e. The van der Waals surface area contributed by atoms with E-state index in [0.717, 1.165) is 19.3 Å². The smallest absolute Gasteiger partial charge is 0.142 e. The lowest BCUT2D eigenvalue weighted by Gasteiger charge is -2.25. The Hall–Kier alpha value is -0.890. The highest BCUT2D eigenvalue weighted by atomic mass is 35.5. The molecule has 0 heterocycles. The Morgan fingerprint density at radius 2 is 2.22 bits per heavy atom. The number of carbonyl (C=O) groups is 1. The third kappa shape index (κ3) is 2.74. The van der Waals surface area contributed by atoms with Crippen molar-refractivity contribution < 1.29 is 9.18 Å². The predicted molar refractivity (Wildman–Crippen MR) is 71.2 cm³/mol. The zero-order valence-electron chi connectivity index (χ0n) is 10.8. The van der Waals surface area contributed by atoms with Crippen LogP contribution >= 0.6 is 11.6 Å². The summed E-state index contributed by atoms with van der Waals surface area (Å²) in [7, 11) is 0. The Labute approximate surface area is 112 Å². The third-order valence-corrected chi connectivity index (χ3v) is 4.31. The van der Waals surface area contributed by atoms with E-state index in [0.29, 0.717) is 12.0 Å². The molecule has 0 spiro atoms. The molecule has 98 valence electrons. The number of benzene rings is 1. The fourth-order valence-corrected chi connectivity index (χ4v) is 3.02. The van der Waals surface area contributed by atoms with Gasteiger partial charge in [-0.1, -0.05) is 37.9 Å². The van der Waals surface area contributed by atoms with Crippen molar-refractivity contribution in [2.75, 3.05) is 0 Å². The number of ketones is 1. The fraction of sp³-hybridized carbons (Fsp3) is 0.533. The maximum atomic E-state index is 13.3. The molecule has 1 atom stereocenters. The molecule has 1 fully saturated rings. The molecular formula is C15H18ClFO. The summed E-state index contributed by atoms with van der Waals surface area (Å²) in [5.74, 6) is -0.122. The molecule has 1 aromatic rings. The lowest BCUT2D eigenvalue weighted by Crippen LogP contribution is -2.27.